The van der Waals surface area contributed by atoms with Gasteiger partial charge in [0.05, 0.1) is 5.52 Å². The van der Waals surface area contributed by atoms with E-state index in [1.54, 1.807) is 18.1 Å². The van der Waals surface area contributed by atoms with E-state index in [-0.39, 0.29) is 0 Å². The first-order valence-corrected chi connectivity index (χ1v) is 7.88. The van der Waals surface area contributed by atoms with Gasteiger partial charge >= 0.3 is 0 Å². The highest BCUT2D eigenvalue weighted by Crippen LogP contribution is 2.29. The number of hydrogen-bond donors (Lipinski definition) is 1. The number of nitrogens with two attached hydrogens (primary N) is 1. The number of hydrogen-bond acceptors (Lipinski definition) is 4. The molecule has 0 radical (unpaired) electrons. The van der Waals surface area contributed by atoms with Crippen LogP contribution in [-0.2, 0) is 5.75 Å². The van der Waals surface area contributed by atoms with Gasteiger partial charge in [-0.05, 0) is 23.8 Å². The summed E-state index contributed by atoms with van der Waals surface area (Å²) in [4.78, 5) is 8.64. The Bertz CT molecular complexity index is 756. The van der Waals surface area contributed by atoms with Gasteiger partial charge < -0.3 is 5.73 Å². The Balaban J connectivity index is 1.87. The van der Waals surface area contributed by atoms with Crippen molar-refractivity contribution in [1.29, 1.82) is 0 Å². The van der Waals surface area contributed by atoms with Crippen molar-refractivity contribution in [2.24, 2.45) is 0 Å². The van der Waals surface area contributed by atoms with Gasteiger partial charge in [-0.3, -0.25) is 0 Å². The molecule has 0 bridgehead atoms. The van der Waals surface area contributed by atoms with Gasteiger partial charge in [-0.25, -0.2) is 9.97 Å². The smallest absolute Gasteiger partial charge is 0.117 e. The lowest BCUT2D eigenvalue weighted by atomic mass is 10.2. The minimum atomic E-state index is 0.792. The summed E-state index contributed by atoms with van der Waals surface area (Å²) in [6.45, 7) is 0. The molecule has 0 aliphatic carbocycles. The van der Waals surface area contributed by atoms with E-state index in [1.807, 2.05) is 42.5 Å². The Hall–Kier alpha value is -1.59. The largest absolute Gasteiger partial charge is 0.398 e. The topological polar surface area (TPSA) is 51.8 Å². The van der Waals surface area contributed by atoms with Crippen molar-refractivity contribution in [1.82, 2.24) is 9.97 Å². The van der Waals surface area contributed by atoms with Crippen LogP contribution in [0.3, 0.4) is 0 Å². The van der Waals surface area contributed by atoms with E-state index in [1.165, 1.54) is 0 Å². The monoisotopic (exact) mass is 345 g/mol. The number of anilines is 1. The molecular formula is C15H12BrN3S. The van der Waals surface area contributed by atoms with E-state index in [9.17, 15) is 0 Å². The zero-order chi connectivity index (χ0) is 13.9. The van der Waals surface area contributed by atoms with E-state index in [4.69, 9.17) is 5.73 Å². The second-order valence-electron chi connectivity index (χ2n) is 4.33. The van der Waals surface area contributed by atoms with Crippen LogP contribution in [-0.4, -0.2) is 9.97 Å². The molecule has 0 fully saturated rings. The van der Waals surface area contributed by atoms with Gasteiger partial charge in [-0.15, -0.1) is 11.8 Å². The first kappa shape index (κ1) is 13.4. The predicted octanol–water partition coefficient (Wildman–Crippen LogP) is 4.27. The van der Waals surface area contributed by atoms with E-state index >= 15 is 0 Å². The Morgan fingerprint density at radius 1 is 1.10 bits per heavy atom. The van der Waals surface area contributed by atoms with Crippen LogP contribution in [0.2, 0.25) is 0 Å². The summed E-state index contributed by atoms with van der Waals surface area (Å²) in [6, 6.07) is 14.0. The highest BCUT2D eigenvalue weighted by molar-refractivity contribution is 9.10. The summed E-state index contributed by atoms with van der Waals surface area (Å²) < 4.78 is 0.997. The summed E-state index contributed by atoms with van der Waals surface area (Å²) in [5.74, 6) is 0.792. The quantitative estimate of drug-likeness (QED) is 0.437. The molecule has 0 unspecified atom stereocenters. The fourth-order valence-electron chi connectivity index (χ4n) is 1.94. The van der Waals surface area contributed by atoms with Gasteiger partial charge in [-0.2, -0.15) is 0 Å². The van der Waals surface area contributed by atoms with Crippen LogP contribution in [0.15, 0.2) is 58.3 Å². The highest BCUT2D eigenvalue weighted by Gasteiger charge is 2.06. The maximum absolute atomic E-state index is 6.02. The lowest BCUT2D eigenvalue weighted by molar-refractivity contribution is 1.10. The third kappa shape index (κ3) is 2.78. The molecule has 0 saturated heterocycles. The molecule has 2 aromatic carbocycles. The normalized spacial score (nSPS) is 10.8. The zero-order valence-electron chi connectivity index (χ0n) is 10.6. The van der Waals surface area contributed by atoms with Crippen LogP contribution in [0.25, 0.3) is 10.9 Å². The molecule has 0 saturated carbocycles. The molecule has 0 aliphatic rings. The van der Waals surface area contributed by atoms with Gasteiger partial charge in [0, 0.05) is 21.3 Å². The minimum absolute atomic E-state index is 0.792. The van der Waals surface area contributed by atoms with Gasteiger partial charge in [0.2, 0.25) is 0 Å². The summed E-state index contributed by atoms with van der Waals surface area (Å²) in [5.41, 5.74) is 8.90. The van der Waals surface area contributed by atoms with Crippen LogP contribution in [0.5, 0.6) is 0 Å². The Morgan fingerprint density at radius 3 is 2.80 bits per heavy atom. The van der Waals surface area contributed by atoms with Crippen molar-refractivity contribution >= 4 is 44.3 Å². The van der Waals surface area contributed by atoms with E-state index < -0.39 is 0 Å². The highest BCUT2D eigenvalue weighted by atomic mass is 79.9. The molecule has 2 N–H and O–H groups in total. The fraction of sp³-hybridized carbons (Fsp3) is 0.0667. The van der Waals surface area contributed by atoms with Crippen molar-refractivity contribution in [2.75, 3.05) is 5.73 Å². The molecule has 20 heavy (non-hydrogen) atoms. The number of aromatic nitrogens is 2. The maximum Gasteiger partial charge on any atom is 0.117 e. The Labute approximate surface area is 129 Å². The first-order chi connectivity index (χ1) is 9.74. The molecule has 1 heterocycles. The molecule has 3 aromatic rings. The number of para-hydroxylation sites is 1. The molecule has 3 rings (SSSR count). The Kier molecular flexibility index (Phi) is 3.89. The SMILES string of the molecule is Nc1cc(Br)ccc1CSc1ncnc2ccccc12. The van der Waals surface area contributed by atoms with Crippen molar-refractivity contribution in [3.05, 3.63) is 58.8 Å². The lowest BCUT2D eigenvalue weighted by Gasteiger charge is -2.07. The zero-order valence-corrected chi connectivity index (χ0v) is 13.0. The molecule has 3 nitrogen and oxygen atoms in total. The number of halogens is 1. The summed E-state index contributed by atoms with van der Waals surface area (Å²) >= 11 is 5.09. The third-order valence-electron chi connectivity index (χ3n) is 2.98. The molecule has 5 heteroatoms. The number of nitrogen functional groups attached to an aromatic ring is 1. The van der Waals surface area contributed by atoms with Crippen LogP contribution < -0.4 is 5.73 Å². The van der Waals surface area contributed by atoms with Gasteiger partial charge in [0.15, 0.2) is 0 Å². The molecule has 100 valence electrons. The molecule has 0 spiro atoms. The lowest BCUT2D eigenvalue weighted by Crippen LogP contribution is -1.93. The van der Waals surface area contributed by atoms with Crippen LogP contribution in [0, 0.1) is 0 Å². The number of fused-ring (bicyclic) bond motifs is 1. The first-order valence-electron chi connectivity index (χ1n) is 6.10. The van der Waals surface area contributed by atoms with Gasteiger partial charge in [-0.1, -0.05) is 40.2 Å². The molecule has 0 amide bonds. The summed E-state index contributed by atoms with van der Waals surface area (Å²) in [6.07, 6.45) is 1.61. The number of rotatable bonds is 3. The molecular weight excluding hydrogens is 334 g/mol. The van der Waals surface area contributed by atoms with Crippen molar-refractivity contribution in [3.63, 3.8) is 0 Å². The average molecular weight is 346 g/mol. The molecule has 0 aliphatic heterocycles. The molecule has 1 aromatic heterocycles. The number of benzene rings is 2. The van der Waals surface area contributed by atoms with E-state index in [2.05, 4.69) is 25.9 Å². The van der Waals surface area contributed by atoms with Crippen molar-refractivity contribution in [2.45, 2.75) is 10.8 Å². The molecule has 0 atom stereocenters. The second kappa shape index (κ2) is 5.81. The third-order valence-corrected chi connectivity index (χ3v) is 4.53. The maximum atomic E-state index is 6.02. The summed E-state index contributed by atoms with van der Waals surface area (Å²) in [7, 11) is 0. The standard InChI is InChI=1S/C15H12BrN3S/c16-11-6-5-10(13(17)7-11)8-20-15-12-3-1-2-4-14(12)18-9-19-15/h1-7,9H,8,17H2. The van der Waals surface area contributed by atoms with Crippen LogP contribution in [0.1, 0.15) is 5.56 Å². The van der Waals surface area contributed by atoms with Crippen LogP contribution in [0.4, 0.5) is 5.69 Å². The van der Waals surface area contributed by atoms with Gasteiger partial charge in [0.1, 0.15) is 11.4 Å². The van der Waals surface area contributed by atoms with E-state index in [0.717, 1.165) is 37.4 Å². The Morgan fingerprint density at radius 2 is 1.95 bits per heavy atom. The summed E-state index contributed by atoms with van der Waals surface area (Å²) in [5, 5.41) is 2.06. The van der Waals surface area contributed by atoms with Crippen molar-refractivity contribution < 1.29 is 0 Å². The fourth-order valence-corrected chi connectivity index (χ4v) is 3.32. The van der Waals surface area contributed by atoms with Crippen LogP contribution >= 0.6 is 27.7 Å². The number of nitrogens with zero attached hydrogens (tertiary/aromatic N) is 2. The predicted molar refractivity (Wildman–Crippen MR) is 87.7 cm³/mol. The second-order valence-corrected chi connectivity index (χ2v) is 6.21. The average Bonchev–Trinajstić information content (AvgIpc) is 2.46. The van der Waals surface area contributed by atoms with Crippen molar-refractivity contribution in [3.8, 4) is 0 Å². The number of thioether (sulfide) groups is 1. The van der Waals surface area contributed by atoms with Gasteiger partial charge in [0.25, 0.3) is 0 Å². The van der Waals surface area contributed by atoms with E-state index in [0.29, 0.717) is 0 Å². The minimum Gasteiger partial charge on any atom is -0.398 e.